The van der Waals surface area contributed by atoms with Crippen molar-refractivity contribution in [1.82, 2.24) is 4.98 Å². The molecule has 11 heteroatoms. The molecule has 4 nitrogen and oxygen atoms in total. The lowest BCUT2D eigenvalue weighted by Crippen LogP contribution is -2.17. The Morgan fingerprint density at radius 1 is 1.09 bits per heavy atom. The van der Waals surface area contributed by atoms with Gasteiger partial charge in [-0.3, -0.25) is 10.1 Å². The zero-order valence-electron chi connectivity index (χ0n) is 10.8. The molecule has 0 saturated heterocycles. The third-order valence-corrected chi connectivity index (χ3v) is 3.12. The number of hydrogen-bond acceptors (Lipinski definition) is 4. The minimum atomic E-state index is -4.86. The molecule has 2 aromatic rings. The Hall–Kier alpha value is -2.30. The quantitative estimate of drug-likeness (QED) is 0.834. The van der Waals surface area contributed by atoms with Crippen molar-refractivity contribution >= 4 is 22.4 Å². The molecule has 1 amide bonds. The van der Waals surface area contributed by atoms with Gasteiger partial charge in [-0.2, -0.15) is 13.2 Å². The van der Waals surface area contributed by atoms with E-state index in [-0.39, 0.29) is 10.7 Å². The third-order valence-electron chi connectivity index (χ3n) is 2.37. The van der Waals surface area contributed by atoms with Crippen LogP contribution in [-0.4, -0.2) is 17.3 Å². The molecule has 0 aliphatic carbocycles. The normalized spacial score (nSPS) is 12.1. The number of thiazole rings is 1. The molecule has 0 aliphatic heterocycles. The van der Waals surface area contributed by atoms with Gasteiger partial charge < -0.3 is 4.74 Å². The molecule has 1 N–H and O–H groups in total. The van der Waals surface area contributed by atoms with Crippen LogP contribution in [0.5, 0.6) is 5.75 Å². The first kappa shape index (κ1) is 17.1. The minimum Gasteiger partial charge on any atom is -0.406 e. The summed E-state index contributed by atoms with van der Waals surface area (Å²) in [6, 6.07) is 3.89. The number of amides is 1. The van der Waals surface area contributed by atoms with Gasteiger partial charge in [0.15, 0.2) is 10.8 Å². The Balaban J connectivity index is 2.05. The number of carbonyl (C=O) groups excluding carboxylic acids is 1. The number of benzene rings is 1. The van der Waals surface area contributed by atoms with E-state index in [4.69, 9.17) is 0 Å². The number of nitrogens with zero attached hydrogens (tertiary/aromatic N) is 1. The molecule has 124 valence electrons. The van der Waals surface area contributed by atoms with Crippen LogP contribution in [0.25, 0.3) is 0 Å². The molecular weight excluding hydrogens is 350 g/mol. The van der Waals surface area contributed by atoms with Gasteiger partial charge in [-0.25, -0.2) is 4.98 Å². The molecule has 23 heavy (non-hydrogen) atoms. The van der Waals surface area contributed by atoms with Crippen LogP contribution >= 0.6 is 11.3 Å². The molecule has 1 aromatic heterocycles. The molecule has 0 spiro atoms. The fourth-order valence-electron chi connectivity index (χ4n) is 1.44. The highest BCUT2D eigenvalue weighted by Gasteiger charge is 2.34. The van der Waals surface area contributed by atoms with Crippen LogP contribution in [0.15, 0.2) is 29.6 Å². The van der Waals surface area contributed by atoms with Crippen molar-refractivity contribution in [3.63, 3.8) is 0 Å². The van der Waals surface area contributed by atoms with Crippen LogP contribution < -0.4 is 10.1 Å². The fourth-order valence-corrected chi connectivity index (χ4v) is 2.15. The summed E-state index contributed by atoms with van der Waals surface area (Å²) in [7, 11) is 0. The lowest BCUT2D eigenvalue weighted by Gasteiger charge is -2.09. The van der Waals surface area contributed by atoms with Gasteiger partial charge in [0.05, 0.1) is 0 Å². The third kappa shape index (κ3) is 4.84. The lowest BCUT2D eigenvalue weighted by molar-refractivity contribution is -0.274. The van der Waals surface area contributed by atoms with Crippen molar-refractivity contribution in [3.05, 3.63) is 40.9 Å². The zero-order chi connectivity index (χ0) is 17.3. The topological polar surface area (TPSA) is 51.2 Å². The van der Waals surface area contributed by atoms with Crippen LogP contribution in [0.4, 0.5) is 31.5 Å². The largest absolute Gasteiger partial charge is 0.573 e. The fraction of sp³-hybridized carbons (Fsp3) is 0.167. The average Bonchev–Trinajstić information content (AvgIpc) is 2.86. The smallest absolute Gasteiger partial charge is 0.406 e. The van der Waals surface area contributed by atoms with E-state index in [1.807, 2.05) is 0 Å². The average molecular weight is 356 g/mol. The number of nitrogens with one attached hydrogen (secondary N) is 1. The van der Waals surface area contributed by atoms with Gasteiger partial charge in [0, 0.05) is 10.9 Å². The Bertz CT molecular complexity index is 693. The van der Waals surface area contributed by atoms with Crippen molar-refractivity contribution in [3.8, 4) is 5.75 Å². The molecule has 1 heterocycles. The number of hydrogen-bond donors (Lipinski definition) is 1. The summed E-state index contributed by atoms with van der Waals surface area (Å²) in [6.07, 6.45) is -9.49. The van der Waals surface area contributed by atoms with Crippen LogP contribution in [0.3, 0.4) is 0 Å². The highest BCUT2D eigenvalue weighted by Crippen LogP contribution is 2.31. The highest BCUT2D eigenvalue weighted by molar-refractivity contribution is 7.14. The molecule has 0 unspecified atom stereocenters. The number of rotatable bonds is 3. The maximum atomic E-state index is 12.4. The minimum absolute atomic E-state index is 0.0664. The van der Waals surface area contributed by atoms with E-state index in [0.717, 1.165) is 29.6 Å². The summed E-state index contributed by atoms with van der Waals surface area (Å²) in [5, 5.41) is 2.58. The Morgan fingerprint density at radius 3 is 2.17 bits per heavy atom. The number of ether oxygens (including phenoxy) is 1. The van der Waals surface area contributed by atoms with E-state index in [2.05, 4.69) is 15.0 Å². The zero-order valence-corrected chi connectivity index (χ0v) is 11.6. The van der Waals surface area contributed by atoms with Crippen LogP contribution in [0, 0.1) is 0 Å². The van der Waals surface area contributed by atoms with Gasteiger partial charge in [-0.1, -0.05) is 0 Å². The van der Waals surface area contributed by atoms with E-state index in [1.165, 1.54) is 0 Å². The summed E-state index contributed by atoms with van der Waals surface area (Å²) < 4.78 is 76.7. The van der Waals surface area contributed by atoms with Crippen molar-refractivity contribution < 1.29 is 35.9 Å². The van der Waals surface area contributed by atoms with Crippen molar-refractivity contribution in [2.75, 3.05) is 5.32 Å². The molecule has 0 bridgehead atoms. The van der Waals surface area contributed by atoms with E-state index >= 15 is 0 Å². The molecule has 0 aliphatic rings. The van der Waals surface area contributed by atoms with E-state index in [1.54, 1.807) is 0 Å². The van der Waals surface area contributed by atoms with Crippen molar-refractivity contribution in [2.45, 2.75) is 12.5 Å². The molecule has 0 atom stereocenters. The van der Waals surface area contributed by atoms with Crippen LogP contribution in [-0.2, 0) is 6.18 Å². The number of carbonyl (C=O) groups is 1. The Kier molecular flexibility index (Phi) is 4.50. The first-order valence-electron chi connectivity index (χ1n) is 5.74. The van der Waals surface area contributed by atoms with Crippen LogP contribution in [0.1, 0.15) is 16.1 Å². The summed E-state index contributed by atoms with van der Waals surface area (Å²) in [4.78, 5) is 15.0. The van der Waals surface area contributed by atoms with Gasteiger partial charge in [-0.05, 0) is 24.3 Å². The first-order valence-corrected chi connectivity index (χ1v) is 6.62. The maximum absolute atomic E-state index is 12.4. The first-order chi connectivity index (χ1) is 10.5. The van der Waals surface area contributed by atoms with Gasteiger partial charge in [-0.15, -0.1) is 24.5 Å². The predicted octanol–water partition coefficient (Wildman–Crippen LogP) is 4.31. The summed E-state index contributed by atoms with van der Waals surface area (Å²) in [5.74, 6) is -1.34. The predicted molar refractivity (Wildman–Crippen MR) is 68.2 cm³/mol. The molecular formula is C12H6F6N2O2S. The molecule has 0 radical (unpaired) electrons. The standard InChI is InChI=1S/C12H6F6N2O2S/c13-11(14,15)8-5-23-10(19-8)20-9(21)6-1-3-7(4-2-6)22-12(16,17)18/h1-5H,(H,19,20,21). The van der Waals surface area contributed by atoms with E-state index in [9.17, 15) is 31.1 Å². The maximum Gasteiger partial charge on any atom is 0.573 e. The molecule has 0 fully saturated rings. The molecule has 1 aromatic carbocycles. The summed E-state index contributed by atoms with van der Waals surface area (Å²) in [5.41, 5.74) is -1.21. The summed E-state index contributed by atoms with van der Waals surface area (Å²) >= 11 is 0.574. The van der Waals surface area contributed by atoms with Crippen LogP contribution in [0.2, 0.25) is 0 Å². The number of anilines is 1. The Labute approximate surface area is 128 Å². The number of aromatic nitrogens is 1. The monoisotopic (exact) mass is 356 g/mol. The Morgan fingerprint density at radius 2 is 1.70 bits per heavy atom. The second-order valence-electron chi connectivity index (χ2n) is 4.06. The SMILES string of the molecule is O=C(Nc1nc(C(F)(F)F)cs1)c1ccc(OC(F)(F)F)cc1. The summed E-state index contributed by atoms with van der Waals surface area (Å²) in [6.45, 7) is 0. The second kappa shape index (κ2) is 6.07. The van der Waals surface area contributed by atoms with Gasteiger partial charge >= 0.3 is 12.5 Å². The van der Waals surface area contributed by atoms with E-state index < -0.39 is 29.9 Å². The van der Waals surface area contributed by atoms with Crippen molar-refractivity contribution in [1.29, 1.82) is 0 Å². The molecule has 0 saturated carbocycles. The lowest BCUT2D eigenvalue weighted by atomic mass is 10.2. The van der Waals surface area contributed by atoms with Gasteiger partial charge in [0.25, 0.3) is 5.91 Å². The second-order valence-corrected chi connectivity index (χ2v) is 4.92. The van der Waals surface area contributed by atoms with Gasteiger partial charge in [0.1, 0.15) is 5.75 Å². The van der Waals surface area contributed by atoms with Gasteiger partial charge in [0.2, 0.25) is 0 Å². The van der Waals surface area contributed by atoms with Crippen molar-refractivity contribution in [2.24, 2.45) is 0 Å². The number of alkyl halides is 6. The highest BCUT2D eigenvalue weighted by atomic mass is 32.1. The molecule has 2 rings (SSSR count). The van der Waals surface area contributed by atoms with E-state index in [0.29, 0.717) is 11.3 Å². The number of halogens is 6.